The Morgan fingerprint density at radius 2 is 2.21 bits per heavy atom. The molecule has 19 heavy (non-hydrogen) atoms. The standard InChI is InChI=1S/C13H21ClN4O/c1-9-11(14)12(17-13(15)16-9)18(2)7-6-10-5-3-4-8-19-10/h10H,3-8H2,1-2H3,(H2,15,16,17). The molecule has 1 aliphatic rings. The van der Waals surface area contributed by atoms with Crippen LogP contribution in [0.2, 0.25) is 5.02 Å². The number of ether oxygens (including phenoxy) is 1. The Morgan fingerprint density at radius 1 is 1.42 bits per heavy atom. The largest absolute Gasteiger partial charge is 0.378 e. The average molecular weight is 285 g/mol. The topological polar surface area (TPSA) is 64.3 Å². The van der Waals surface area contributed by atoms with E-state index in [0.717, 1.165) is 26.0 Å². The minimum Gasteiger partial charge on any atom is -0.378 e. The first-order valence-electron chi connectivity index (χ1n) is 6.70. The van der Waals surface area contributed by atoms with Crippen LogP contribution in [0.1, 0.15) is 31.4 Å². The minimum atomic E-state index is 0.262. The second kappa shape index (κ2) is 6.39. The van der Waals surface area contributed by atoms with Crippen LogP contribution >= 0.6 is 11.6 Å². The number of nitrogen functional groups attached to an aromatic ring is 1. The Labute approximate surface area is 119 Å². The molecule has 0 bridgehead atoms. The normalized spacial score (nSPS) is 19.4. The Hall–Kier alpha value is -1.07. The maximum Gasteiger partial charge on any atom is 0.222 e. The molecule has 5 nitrogen and oxygen atoms in total. The number of hydrogen-bond donors (Lipinski definition) is 1. The quantitative estimate of drug-likeness (QED) is 0.920. The van der Waals surface area contributed by atoms with Crippen molar-refractivity contribution in [3.63, 3.8) is 0 Å². The van der Waals surface area contributed by atoms with Gasteiger partial charge in [-0.15, -0.1) is 0 Å². The van der Waals surface area contributed by atoms with E-state index >= 15 is 0 Å². The summed E-state index contributed by atoms with van der Waals surface area (Å²) in [6.07, 6.45) is 4.92. The van der Waals surface area contributed by atoms with Gasteiger partial charge in [0.05, 0.1) is 11.8 Å². The monoisotopic (exact) mass is 284 g/mol. The van der Waals surface area contributed by atoms with E-state index < -0.39 is 0 Å². The van der Waals surface area contributed by atoms with Crippen molar-refractivity contribution in [2.24, 2.45) is 0 Å². The van der Waals surface area contributed by atoms with Crippen molar-refractivity contribution in [2.75, 3.05) is 30.8 Å². The number of aryl methyl sites for hydroxylation is 1. The summed E-state index contributed by atoms with van der Waals surface area (Å²) in [6.45, 7) is 3.57. The van der Waals surface area contributed by atoms with Gasteiger partial charge in [0.1, 0.15) is 5.02 Å². The number of nitrogens with zero attached hydrogens (tertiary/aromatic N) is 3. The number of aromatic nitrogens is 2. The first kappa shape index (κ1) is 14.3. The van der Waals surface area contributed by atoms with E-state index in [9.17, 15) is 0 Å². The second-order valence-electron chi connectivity index (χ2n) is 5.00. The summed E-state index contributed by atoms with van der Waals surface area (Å²) >= 11 is 6.23. The van der Waals surface area contributed by atoms with Gasteiger partial charge in [-0.05, 0) is 32.6 Å². The maximum atomic E-state index is 6.23. The van der Waals surface area contributed by atoms with Crippen LogP contribution < -0.4 is 10.6 Å². The summed E-state index contributed by atoms with van der Waals surface area (Å²) in [5, 5.41) is 0.571. The highest BCUT2D eigenvalue weighted by Crippen LogP contribution is 2.26. The van der Waals surface area contributed by atoms with Crippen LogP contribution in [-0.4, -0.2) is 36.3 Å². The van der Waals surface area contributed by atoms with E-state index in [1.54, 1.807) is 0 Å². The zero-order chi connectivity index (χ0) is 13.8. The van der Waals surface area contributed by atoms with E-state index in [-0.39, 0.29) is 5.95 Å². The van der Waals surface area contributed by atoms with Crippen molar-refractivity contribution in [3.8, 4) is 0 Å². The van der Waals surface area contributed by atoms with Gasteiger partial charge < -0.3 is 15.4 Å². The van der Waals surface area contributed by atoms with E-state index in [1.807, 2.05) is 18.9 Å². The Kier molecular flexibility index (Phi) is 4.82. The molecule has 0 aromatic carbocycles. The summed E-state index contributed by atoms with van der Waals surface area (Å²) in [7, 11) is 1.97. The first-order valence-corrected chi connectivity index (χ1v) is 7.08. The van der Waals surface area contributed by atoms with Crippen molar-refractivity contribution >= 4 is 23.4 Å². The van der Waals surface area contributed by atoms with Crippen molar-refractivity contribution in [1.29, 1.82) is 0 Å². The van der Waals surface area contributed by atoms with E-state index in [0.29, 0.717) is 22.6 Å². The lowest BCUT2D eigenvalue weighted by molar-refractivity contribution is 0.0126. The van der Waals surface area contributed by atoms with Crippen LogP contribution in [0.4, 0.5) is 11.8 Å². The number of rotatable bonds is 4. The molecule has 0 spiro atoms. The molecule has 1 aromatic rings. The van der Waals surface area contributed by atoms with Crippen LogP contribution in [0, 0.1) is 6.92 Å². The molecule has 1 unspecified atom stereocenters. The molecule has 1 saturated heterocycles. The number of anilines is 2. The molecule has 0 amide bonds. The zero-order valence-corrected chi connectivity index (χ0v) is 12.3. The number of hydrogen-bond acceptors (Lipinski definition) is 5. The number of nitrogens with two attached hydrogens (primary N) is 1. The molecular formula is C13H21ClN4O. The third-order valence-corrected chi connectivity index (χ3v) is 3.88. The summed E-state index contributed by atoms with van der Waals surface area (Å²) in [5.41, 5.74) is 6.39. The van der Waals surface area contributed by atoms with Crippen molar-refractivity contribution in [1.82, 2.24) is 9.97 Å². The molecule has 0 saturated carbocycles. The maximum absolute atomic E-state index is 6.23. The van der Waals surface area contributed by atoms with Crippen LogP contribution in [0.3, 0.4) is 0 Å². The summed E-state index contributed by atoms with van der Waals surface area (Å²) < 4.78 is 5.72. The molecule has 2 N–H and O–H groups in total. The predicted octanol–water partition coefficient (Wildman–Crippen LogP) is 2.42. The van der Waals surface area contributed by atoms with Gasteiger partial charge in [0.25, 0.3) is 0 Å². The smallest absolute Gasteiger partial charge is 0.222 e. The van der Waals surface area contributed by atoms with Gasteiger partial charge >= 0.3 is 0 Å². The molecule has 0 radical (unpaired) electrons. The summed E-state index contributed by atoms with van der Waals surface area (Å²) in [5.74, 6) is 0.958. The predicted molar refractivity (Wildman–Crippen MR) is 77.7 cm³/mol. The van der Waals surface area contributed by atoms with Gasteiger partial charge in [0.15, 0.2) is 5.82 Å². The summed E-state index contributed by atoms with van der Waals surface area (Å²) in [6, 6.07) is 0. The number of halogens is 1. The third-order valence-electron chi connectivity index (χ3n) is 3.44. The molecule has 1 atom stereocenters. The molecule has 6 heteroatoms. The highest BCUT2D eigenvalue weighted by Gasteiger charge is 2.17. The lowest BCUT2D eigenvalue weighted by Crippen LogP contribution is -2.27. The van der Waals surface area contributed by atoms with E-state index in [4.69, 9.17) is 22.1 Å². The van der Waals surface area contributed by atoms with Gasteiger partial charge in [-0.3, -0.25) is 0 Å². The molecule has 2 rings (SSSR count). The van der Waals surface area contributed by atoms with Crippen LogP contribution in [0.15, 0.2) is 0 Å². The highest BCUT2D eigenvalue weighted by molar-refractivity contribution is 6.33. The van der Waals surface area contributed by atoms with Gasteiger partial charge in [0, 0.05) is 20.2 Å². The fourth-order valence-corrected chi connectivity index (χ4v) is 2.53. The Balaban J connectivity index is 1.97. The van der Waals surface area contributed by atoms with Crippen LogP contribution in [0.5, 0.6) is 0 Å². The molecule has 0 aliphatic carbocycles. The Bertz CT molecular complexity index is 435. The van der Waals surface area contributed by atoms with Crippen molar-refractivity contribution in [2.45, 2.75) is 38.7 Å². The van der Waals surface area contributed by atoms with Crippen molar-refractivity contribution < 1.29 is 4.74 Å². The SMILES string of the molecule is Cc1nc(N)nc(N(C)CCC2CCCCO2)c1Cl. The van der Waals surface area contributed by atoms with Gasteiger partial charge in [-0.1, -0.05) is 11.6 Å². The zero-order valence-electron chi connectivity index (χ0n) is 11.5. The van der Waals surface area contributed by atoms with Gasteiger partial charge in [0.2, 0.25) is 5.95 Å². The first-order chi connectivity index (χ1) is 9.08. The minimum absolute atomic E-state index is 0.262. The van der Waals surface area contributed by atoms with Crippen molar-refractivity contribution in [3.05, 3.63) is 10.7 Å². The molecule has 2 heterocycles. The third kappa shape index (κ3) is 3.70. The molecular weight excluding hydrogens is 264 g/mol. The molecule has 106 valence electrons. The lowest BCUT2D eigenvalue weighted by Gasteiger charge is -2.26. The molecule has 1 fully saturated rings. The molecule has 1 aliphatic heterocycles. The summed E-state index contributed by atoms with van der Waals surface area (Å²) in [4.78, 5) is 10.3. The van der Waals surface area contributed by atoms with Crippen LogP contribution in [-0.2, 0) is 4.74 Å². The second-order valence-corrected chi connectivity index (χ2v) is 5.38. The van der Waals surface area contributed by atoms with Gasteiger partial charge in [-0.25, -0.2) is 4.98 Å². The van der Waals surface area contributed by atoms with Gasteiger partial charge in [-0.2, -0.15) is 4.98 Å². The lowest BCUT2D eigenvalue weighted by atomic mass is 10.1. The fraction of sp³-hybridized carbons (Fsp3) is 0.692. The fourth-order valence-electron chi connectivity index (χ4n) is 2.30. The van der Waals surface area contributed by atoms with Crippen LogP contribution in [0.25, 0.3) is 0 Å². The Morgan fingerprint density at radius 3 is 2.89 bits per heavy atom. The highest BCUT2D eigenvalue weighted by atomic mass is 35.5. The molecule has 1 aromatic heterocycles. The average Bonchev–Trinajstić information content (AvgIpc) is 2.41. The van der Waals surface area contributed by atoms with E-state index in [1.165, 1.54) is 12.8 Å². The van der Waals surface area contributed by atoms with E-state index in [2.05, 4.69) is 9.97 Å².